The van der Waals surface area contributed by atoms with Crippen molar-refractivity contribution in [1.82, 2.24) is 0 Å². The minimum Gasteiger partial charge on any atom is -0.508 e. The maximum absolute atomic E-state index is 12.1. The standard InChI is InChI=1S/C16H11N3O2/c1-10-2-3-11(7-15(10)20)16(21)19-14-5-4-12(8-17)13(6-14)9-18/h2-7,20H,1H3,(H,19,21). The van der Waals surface area contributed by atoms with Gasteiger partial charge in [0.15, 0.2) is 0 Å². The lowest BCUT2D eigenvalue weighted by atomic mass is 10.1. The van der Waals surface area contributed by atoms with Crippen molar-refractivity contribution in [2.75, 3.05) is 5.32 Å². The Bertz CT molecular complexity index is 798. The van der Waals surface area contributed by atoms with Gasteiger partial charge in [0.05, 0.1) is 11.1 Å². The van der Waals surface area contributed by atoms with Crippen LogP contribution in [0.2, 0.25) is 0 Å². The number of benzene rings is 2. The number of nitrogens with zero attached hydrogens (tertiary/aromatic N) is 2. The molecule has 0 unspecified atom stereocenters. The number of amides is 1. The lowest BCUT2D eigenvalue weighted by Gasteiger charge is -2.07. The first-order valence-electron chi connectivity index (χ1n) is 6.10. The molecule has 0 aliphatic rings. The first kappa shape index (κ1) is 14.1. The van der Waals surface area contributed by atoms with Gasteiger partial charge in [-0.05, 0) is 42.8 Å². The molecule has 0 aliphatic heterocycles. The third-order valence-electron chi connectivity index (χ3n) is 2.99. The van der Waals surface area contributed by atoms with E-state index in [1.807, 2.05) is 12.1 Å². The average Bonchev–Trinajstić information content (AvgIpc) is 2.49. The second-order valence-corrected chi connectivity index (χ2v) is 4.44. The van der Waals surface area contributed by atoms with E-state index in [-0.39, 0.29) is 16.9 Å². The summed E-state index contributed by atoms with van der Waals surface area (Å²) < 4.78 is 0. The minimum atomic E-state index is -0.404. The Morgan fingerprint density at radius 3 is 2.43 bits per heavy atom. The molecule has 102 valence electrons. The quantitative estimate of drug-likeness (QED) is 0.881. The zero-order chi connectivity index (χ0) is 15.4. The monoisotopic (exact) mass is 277 g/mol. The van der Waals surface area contributed by atoms with E-state index in [1.54, 1.807) is 25.1 Å². The zero-order valence-corrected chi connectivity index (χ0v) is 11.2. The van der Waals surface area contributed by atoms with Crippen molar-refractivity contribution in [3.8, 4) is 17.9 Å². The summed E-state index contributed by atoms with van der Waals surface area (Å²) in [6, 6.07) is 12.9. The second-order valence-electron chi connectivity index (χ2n) is 4.44. The molecule has 0 saturated carbocycles. The maximum Gasteiger partial charge on any atom is 0.255 e. The van der Waals surface area contributed by atoms with Gasteiger partial charge in [0.25, 0.3) is 5.91 Å². The summed E-state index contributed by atoms with van der Waals surface area (Å²) in [6.45, 7) is 1.73. The summed E-state index contributed by atoms with van der Waals surface area (Å²) in [5, 5.41) is 30.0. The summed E-state index contributed by atoms with van der Waals surface area (Å²) in [4.78, 5) is 12.1. The fourth-order valence-electron chi connectivity index (χ4n) is 1.77. The van der Waals surface area contributed by atoms with E-state index in [9.17, 15) is 9.90 Å². The number of nitriles is 2. The van der Waals surface area contributed by atoms with Gasteiger partial charge in [0.2, 0.25) is 0 Å². The molecule has 0 atom stereocenters. The van der Waals surface area contributed by atoms with Crippen molar-refractivity contribution in [2.45, 2.75) is 6.92 Å². The van der Waals surface area contributed by atoms with Crippen molar-refractivity contribution in [2.24, 2.45) is 0 Å². The van der Waals surface area contributed by atoms with Gasteiger partial charge in [-0.15, -0.1) is 0 Å². The molecule has 21 heavy (non-hydrogen) atoms. The Kier molecular flexibility index (Phi) is 3.87. The van der Waals surface area contributed by atoms with Crippen LogP contribution in [0.3, 0.4) is 0 Å². The van der Waals surface area contributed by atoms with E-state index < -0.39 is 5.91 Å². The molecule has 0 bridgehead atoms. The predicted octanol–water partition coefficient (Wildman–Crippen LogP) is 2.70. The number of aryl methyl sites for hydroxylation is 1. The van der Waals surface area contributed by atoms with Crippen LogP contribution >= 0.6 is 0 Å². The molecular formula is C16H11N3O2. The van der Waals surface area contributed by atoms with E-state index >= 15 is 0 Å². The van der Waals surface area contributed by atoms with Crippen molar-refractivity contribution in [1.29, 1.82) is 10.5 Å². The first-order valence-corrected chi connectivity index (χ1v) is 6.10. The number of carbonyl (C=O) groups excluding carboxylic acids is 1. The third-order valence-corrected chi connectivity index (χ3v) is 2.99. The summed E-state index contributed by atoms with van der Waals surface area (Å²) in [7, 11) is 0. The molecule has 5 nitrogen and oxygen atoms in total. The number of rotatable bonds is 2. The molecule has 0 radical (unpaired) electrons. The van der Waals surface area contributed by atoms with Gasteiger partial charge in [0.1, 0.15) is 17.9 Å². The summed E-state index contributed by atoms with van der Waals surface area (Å²) in [5.41, 5.74) is 1.85. The molecule has 2 N–H and O–H groups in total. The lowest BCUT2D eigenvalue weighted by Crippen LogP contribution is -2.12. The smallest absolute Gasteiger partial charge is 0.255 e. The minimum absolute atomic E-state index is 0.0418. The molecule has 1 amide bonds. The molecular weight excluding hydrogens is 266 g/mol. The van der Waals surface area contributed by atoms with Crippen molar-refractivity contribution in [3.05, 3.63) is 58.7 Å². The molecule has 0 aromatic heterocycles. The number of carbonyl (C=O) groups is 1. The number of hydrogen-bond donors (Lipinski definition) is 2. The van der Waals surface area contributed by atoms with Crippen LogP contribution in [0.1, 0.15) is 27.0 Å². The molecule has 2 aromatic carbocycles. The van der Waals surface area contributed by atoms with E-state index in [0.29, 0.717) is 16.8 Å². The second kappa shape index (κ2) is 5.77. The summed E-state index contributed by atoms with van der Waals surface area (Å²) in [6.07, 6.45) is 0. The third kappa shape index (κ3) is 2.99. The van der Waals surface area contributed by atoms with Gasteiger partial charge in [-0.25, -0.2) is 0 Å². The van der Waals surface area contributed by atoms with Crippen LogP contribution in [0.4, 0.5) is 5.69 Å². The SMILES string of the molecule is Cc1ccc(C(=O)Nc2ccc(C#N)c(C#N)c2)cc1O. The van der Waals surface area contributed by atoms with Crippen LogP contribution in [0.5, 0.6) is 5.75 Å². The van der Waals surface area contributed by atoms with E-state index in [0.717, 1.165) is 0 Å². The highest BCUT2D eigenvalue weighted by atomic mass is 16.3. The number of phenols is 1. The van der Waals surface area contributed by atoms with Crippen LogP contribution < -0.4 is 5.32 Å². The van der Waals surface area contributed by atoms with Crippen molar-refractivity contribution < 1.29 is 9.90 Å². The highest BCUT2D eigenvalue weighted by Crippen LogP contribution is 2.19. The van der Waals surface area contributed by atoms with E-state index in [2.05, 4.69) is 5.32 Å². The highest BCUT2D eigenvalue weighted by molar-refractivity contribution is 6.04. The van der Waals surface area contributed by atoms with Crippen LogP contribution in [0, 0.1) is 29.6 Å². The number of hydrogen-bond acceptors (Lipinski definition) is 4. The summed E-state index contributed by atoms with van der Waals surface area (Å²) >= 11 is 0. The van der Waals surface area contributed by atoms with Crippen LogP contribution in [-0.2, 0) is 0 Å². The lowest BCUT2D eigenvalue weighted by molar-refractivity contribution is 0.102. The fourth-order valence-corrected chi connectivity index (χ4v) is 1.77. The Balaban J connectivity index is 2.26. The molecule has 0 saturated heterocycles. The van der Waals surface area contributed by atoms with E-state index in [4.69, 9.17) is 10.5 Å². The first-order chi connectivity index (χ1) is 10.0. The average molecular weight is 277 g/mol. The normalized spacial score (nSPS) is 9.48. The van der Waals surface area contributed by atoms with Crippen LogP contribution in [0.25, 0.3) is 0 Å². The maximum atomic E-state index is 12.1. The fraction of sp³-hybridized carbons (Fsp3) is 0.0625. The Labute approximate surface area is 121 Å². The topological polar surface area (TPSA) is 96.9 Å². The highest BCUT2D eigenvalue weighted by Gasteiger charge is 2.10. The molecule has 5 heteroatoms. The van der Waals surface area contributed by atoms with Gasteiger partial charge < -0.3 is 10.4 Å². The number of phenolic OH excluding ortho intramolecular Hbond substituents is 1. The molecule has 2 aromatic rings. The van der Waals surface area contributed by atoms with Crippen molar-refractivity contribution in [3.63, 3.8) is 0 Å². The van der Waals surface area contributed by atoms with E-state index in [1.165, 1.54) is 18.2 Å². The Morgan fingerprint density at radius 1 is 1.10 bits per heavy atom. The van der Waals surface area contributed by atoms with Gasteiger partial charge >= 0.3 is 0 Å². The Morgan fingerprint density at radius 2 is 1.81 bits per heavy atom. The van der Waals surface area contributed by atoms with Gasteiger partial charge in [0, 0.05) is 11.3 Å². The van der Waals surface area contributed by atoms with Gasteiger partial charge in [-0.1, -0.05) is 6.07 Å². The largest absolute Gasteiger partial charge is 0.508 e. The molecule has 0 heterocycles. The summed E-state index contributed by atoms with van der Waals surface area (Å²) in [5.74, 6) is -0.362. The van der Waals surface area contributed by atoms with Gasteiger partial charge in [-0.3, -0.25) is 4.79 Å². The van der Waals surface area contributed by atoms with Gasteiger partial charge in [-0.2, -0.15) is 10.5 Å². The molecule has 2 rings (SSSR count). The Hall–Kier alpha value is -3.31. The molecule has 0 aliphatic carbocycles. The van der Waals surface area contributed by atoms with Crippen LogP contribution in [-0.4, -0.2) is 11.0 Å². The molecule has 0 spiro atoms. The predicted molar refractivity (Wildman–Crippen MR) is 76.7 cm³/mol. The number of anilines is 1. The van der Waals surface area contributed by atoms with Crippen LogP contribution in [0.15, 0.2) is 36.4 Å². The zero-order valence-electron chi connectivity index (χ0n) is 11.2. The molecule has 0 fully saturated rings. The number of nitrogens with one attached hydrogen (secondary N) is 1. The van der Waals surface area contributed by atoms with Crippen molar-refractivity contribution >= 4 is 11.6 Å². The number of aromatic hydroxyl groups is 1.